The highest BCUT2D eigenvalue weighted by Crippen LogP contribution is 2.38. The predicted molar refractivity (Wildman–Crippen MR) is 73.0 cm³/mol. The van der Waals surface area contributed by atoms with Gasteiger partial charge in [-0.2, -0.15) is 0 Å². The minimum absolute atomic E-state index is 0.277. The largest absolute Gasteiger partial charge is 0.508 e. The Hall–Kier alpha value is -1.22. The van der Waals surface area contributed by atoms with E-state index in [0.29, 0.717) is 18.6 Å². The molecule has 2 rings (SSSR count). The van der Waals surface area contributed by atoms with Gasteiger partial charge in [-0.1, -0.05) is 27.2 Å². The first-order valence-electron chi connectivity index (χ1n) is 6.85. The molecule has 1 aliphatic rings. The lowest BCUT2D eigenvalue weighted by Crippen LogP contribution is -2.33. The van der Waals surface area contributed by atoms with Gasteiger partial charge in [-0.05, 0) is 24.6 Å². The van der Waals surface area contributed by atoms with E-state index >= 15 is 0 Å². The Balaban J connectivity index is 2.15. The van der Waals surface area contributed by atoms with Crippen molar-refractivity contribution in [2.45, 2.75) is 33.2 Å². The number of hydrogen-bond acceptors (Lipinski definition) is 3. The number of rotatable bonds is 5. The van der Waals surface area contributed by atoms with Crippen molar-refractivity contribution in [1.29, 1.82) is 0 Å². The number of ether oxygens (including phenoxy) is 1. The number of phenolic OH excluding ortho intramolecular Hbond substituents is 1. The van der Waals surface area contributed by atoms with Crippen LogP contribution in [0.5, 0.6) is 11.5 Å². The Kier molecular flexibility index (Phi) is 4.12. The summed E-state index contributed by atoms with van der Waals surface area (Å²) in [5.74, 6) is 1.81. The second-order valence-corrected chi connectivity index (χ2v) is 5.15. The van der Waals surface area contributed by atoms with Gasteiger partial charge in [-0.3, -0.25) is 4.90 Å². The summed E-state index contributed by atoms with van der Waals surface area (Å²) in [6, 6.07) is 5.78. The minimum Gasteiger partial charge on any atom is -0.508 e. The van der Waals surface area contributed by atoms with Crippen LogP contribution in [0.2, 0.25) is 0 Å². The summed E-state index contributed by atoms with van der Waals surface area (Å²) in [5, 5.41) is 9.47. The molecule has 2 atom stereocenters. The molecule has 0 fully saturated rings. The Labute approximate surface area is 109 Å². The summed E-state index contributed by atoms with van der Waals surface area (Å²) < 4.78 is 5.69. The molecule has 3 heteroatoms. The number of hydrogen-bond donors (Lipinski definition) is 1. The number of aromatic hydroxyl groups is 1. The molecule has 18 heavy (non-hydrogen) atoms. The second kappa shape index (κ2) is 5.61. The number of benzene rings is 1. The maximum Gasteiger partial charge on any atom is 0.127 e. The Morgan fingerprint density at radius 1 is 1.44 bits per heavy atom. The van der Waals surface area contributed by atoms with Gasteiger partial charge in [0.15, 0.2) is 0 Å². The predicted octanol–water partition coefficient (Wildman–Crippen LogP) is 3.19. The Bertz CT molecular complexity index is 405. The van der Waals surface area contributed by atoms with Crippen molar-refractivity contribution in [3.8, 4) is 11.5 Å². The van der Waals surface area contributed by atoms with E-state index in [1.165, 1.54) is 12.0 Å². The first kappa shape index (κ1) is 13.2. The molecule has 0 amide bonds. The van der Waals surface area contributed by atoms with Gasteiger partial charge in [-0.15, -0.1) is 0 Å². The van der Waals surface area contributed by atoms with E-state index in [-0.39, 0.29) is 5.75 Å². The van der Waals surface area contributed by atoms with Crippen LogP contribution in [0.25, 0.3) is 0 Å². The van der Waals surface area contributed by atoms with E-state index < -0.39 is 0 Å². The molecule has 0 bridgehead atoms. The molecule has 100 valence electrons. The highest BCUT2D eigenvalue weighted by atomic mass is 16.5. The van der Waals surface area contributed by atoms with E-state index in [4.69, 9.17) is 4.74 Å². The van der Waals surface area contributed by atoms with E-state index in [1.807, 2.05) is 6.07 Å². The maximum absolute atomic E-state index is 9.47. The van der Waals surface area contributed by atoms with E-state index in [0.717, 1.165) is 18.8 Å². The quantitative estimate of drug-likeness (QED) is 0.870. The summed E-state index contributed by atoms with van der Waals surface area (Å²) in [5.41, 5.74) is 1.21. The van der Waals surface area contributed by atoms with Crippen LogP contribution in [0, 0.1) is 5.92 Å². The van der Waals surface area contributed by atoms with Crippen LogP contribution in [0.15, 0.2) is 18.2 Å². The van der Waals surface area contributed by atoms with Gasteiger partial charge >= 0.3 is 0 Å². The molecule has 0 saturated heterocycles. The Morgan fingerprint density at radius 2 is 2.22 bits per heavy atom. The van der Waals surface area contributed by atoms with Crippen LogP contribution >= 0.6 is 0 Å². The van der Waals surface area contributed by atoms with Crippen LogP contribution in [-0.2, 0) is 0 Å². The fourth-order valence-corrected chi connectivity index (χ4v) is 2.49. The summed E-state index contributed by atoms with van der Waals surface area (Å²) in [7, 11) is 0. The number of nitrogens with zero attached hydrogens (tertiary/aromatic N) is 1. The number of fused-ring (bicyclic) bond motifs is 1. The smallest absolute Gasteiger partial charge is 0.127 e. The zero-order valence-electron chi connectivity index (χ0n) is 11.5. The second-order valence-electron chi connectivity index (χ2n) is 5.15. The lowest BCUT2D eigenvalue weighted by Gasteiger charge is -2.29. The molecule has 1 heterocycles. The van der Waals surface area contributed by atoms with Gasteiger partial charge in [0, 0.05) is 18.2 Å². The molecule has 1 aromatic rings. The highest BCUT2D eigenvalue weighted by molar-refractivity contribution is 5.44. The topological polar surface area (TPSA) is 32.7 Å². The molecule has 1 N–H and O–H groups in total. The van der Waals surface area contributed by atoms with Crippen molar-refractivity contribution in [1.82, 2.24) is 4.90 Å². The van der Waals surface area contributed by atoms with Crippen LogP contribution in [0.3, 0.4) is 0 Å². The standard InChI is InChI=1S/C15H23NO2/c1-4-11(3)9-16(5-2)14-10-18-15-8-12(17)6-7-13(14)15/h6-8,11,14,17H,4-5,9-10H2,1-3H3. The third-order valence-electron chi connectivity index (χ3n) is 3.84. The molecule has 0 aliphatic carbocycles. The van der Waals surface area contributed by atoms with Gasteiger partial charge in [0.1, 0.15) is 18.1 Å². The molecular weight excluding hydrogens is 226 g/mol. The molecule has 1 aromatic carbocycles. The van der Waals surface area contributed by atoms with Crippen molar-refractivity contribution >= 4 is 0 Å². The third kappa shape index (κ3) is 2.61. The number of likely N-dealkylation sites (N-methyl/N-ethyl adjacent to an activating group) is 1. The van der Waals surface area contributed by atoms with Gasteiger partial charge in [-0.25, -0.2) is 0 Å². The molecule has 1 aliphatic heterocycles. The van der Waals surface area contributed by atoms with E-state index in [2.05, 4.69) is 25.7 Å². The fraction of sp³-hybridized carbons (Fsp3) is 0.600. The van der Waals surface area contributed by atoms with Crippen LogP contribution in [-0.4, -0.2) is 29.7 Å². The third-order valence-corrected chi connectivity index (χ3v) is 3.84. The first-order valence-corrected chi connectivity index (χ1v) is 6.85. The lowest BCUT2D eigenvalue weighted by atomic mass is 10.0. The van der Waals surface area contributed by atoms with E-state index in [1.54, 1.807) is 12.1 Å². The average molecular weight is 249 g/mol. The molecule has 0 aromatic heterocycles. The van der Waals surface area contributed by atoms with Crippen molar-refractivity contribution in [2.75, 3.05) is 19.7 Å². The SMILES string of the molecule is CCC(C)CN(CC)C1COc2cc(O)ccc21. The summed E-state index contributed by atoms with van der Waals surface area (Å²) in [6.07, 6.45) is 1.20. The monoisotopic (exact) mass is 249 g/mol. The van der Waals surface area contributed by atoms with Crippen molar-refractivity contribution in [3.63, 3.8) is 0 Å². The van der Waals surface area contributed by atoms with E-state index in [9.17, 15) is 5.11 Å². The van der Waals surface area contributed by atoms with Gasteiger partial charge < -0.3 is 9.84 Å². The highest BCUT2D eigenvalue weighted by Gasteiger charge is 2.29. The summed E-state index contributed by atoms with van der Waals surface area (Å²) >= 11 is 0. The minimum atomic E-state index is 0.277. The molecule has 0 radical (unpaired) electrons. The zero-order valence-corrected chi connectivity index (χ0v) is 11.5. The Morgan fingerprint density at radius 3 is 2.89 bits per heavy atom. The van der Waals surface area contributed by atoms with Gasteiger partial charge in [0.2, 0.25) is 0 Å². The number of phenols is 1. The molecular formula is C15H23NO2. The molecule has 3 nitrogen and oxygen atoms in total. The van der Waals surface area contributed by atoms with Crippen molar-refractivity contribution in [2.24, 2.45) is 5.92 Å². The summed E-state index contributed by atoms with van der Waals surface area (Å²) in [6.45, 7) is 9.54. The van der Waals surface area contributed by atoms with Crippen LogP contribution < -0.4 is 4.74 Å². The fourth-order valence-electron chi connectivity index (χ4n) is 2.49. The normalized spacial score (nSPS) is 19.7. The van der Waals surface area contributed by atoms with Gasteiger partial charge in [0.05, 0.1) is 6.04 Å². The zero-order chi connectivity index (χ0) is 13.1. The molecule has 0 spiro atoms. The molecule has 0 saturated carbocycles. The van der Waals surface area contributed by atoms with Crippen LogP contribution in [0.1, 0.15) is 38.8 Å². The summed E-state index contributed by atoms with van der Waals surface area (Å²) in [4.78, 5) is 2.47. The van der Waals surface area contributed by atoms with Crippen molar-refractivity contribution in [3.05, 3.63) is 23.8 Å². The maximum atomic E-state index is 9.47. The van der Waals surface area contributed by atoms with Crippen LogP contribution in [0.4, 0.5) is 0 Å². The van der Waals surface area contributed by atoms with Crippen molar-refractivity contribution < 1.29 is 9.84 Å². The van der Waals surface area contributed by atoms with Gasteiger partial charge in [0.25, 0.3) is 0 Å². The first-order chi connectivity index (χ1) is 8.65. The average Bonchev–Trinajstić information content (AvgIpc) is 2.78. The lowest BCUT2D eigenvalue weighted by molar-refractivity contribution is 0.150. The molecule has 2 unspecified atom stereocenters.